The molecule has 0 spiro atoms. The topological polar surface area (TPSA) is 27.7 Å². The smallest absolute Gasteiger partial charge is 0.130 e. The molecule has 0 aliphatic heterocycles. The van der Waals surface area contributed by atoms with Crippen LogP contribution >= 0.6 is 0 Å². The van der Waals surface area contributed by atoms with Crippen LogP contribution in [0.2, 0.25) is 0 Å². The van der Waals surface area contributed by atoms with Crippen molar-refractivity contribution in [3.05, 3.63) is 23.3 Å². The Kier molecular flexibility index (Phi) is 3.77. The van der Waals surface area contributed by atoms with Crippen molar-refractivity contribution in [2.24, 2.45) is 0 Å². The molecule has 1 aromatic rings. The fourth-order valence-electron chi connectivity index (χ4n) is 1.50. The summed E-state index contributed by atoms with van der Waals surface area (Å²) in [6, 6.07) is 3.88. The van der Waals surface area contributed by atoms with Crippen LogP contribution in [0.4, 0.5) is 0 Å². The van der Waals surface area contributed by atoms with Gasteiger partial charge in [0.2, 0.25) is 0 Å². The Morgan fingerprint density at radius 1 is 1.07 bits per heavy atom. The Balaban J connectivity index is 3.14. The second kappa shape index (κ2) is 4.86. The molecule has 1 rings (SSSR count). The minimum absolute atomic E-state index is 0.550. The standard InChI is InChI=1S/C11H16O3/c1-8-10(13-3)6-5-9(7-12-2)11(8)14-4/h5-6H,7H2,1-4H3. The lowest BCUT2D eigenvalue weighted by atomic mass is 10.1. The van der Waals surface area contributed by atoms with E-state index in [0.29, 0.717) is 6.61 Å². The van der Waals surface area contributed by atoms with E-state index in [0.717, 1.165) is 22.6 Å². The maximum Gasteiger partial charge on any atom is 0.130 e. The van der Waals surface area contributed by atoms with Crippen molar-refractivity contribution in [1.29, 1.82) is 0 Å². The van der Waals surface area contributed by atoms with E-state index in [1.54, 1.807) is 21.3 Å². The van der Waals surface area contributed by atoms with Gasteiger partial charge in [0.15, 0.2) is 0 Å². The molecular formula is C11H16O3. The van der Waals surface area contributed by atoms with Crippen molar-refractivity contribution in [3.63, 3.8) is 0 Å². The van der Waals surface area contributed by atoms with Gasteiger partial charge in [-0.2, -0.15) is 0 Å². The Labute approximate surface area is 84.6 Å². The molecule has 0 heterocycles. The fraction of sp³-hybridized carbons (Fsp3) is 0.455. The molecule has 0 aliphatic rings. The average molecular weight is 196 g/mol. The lowest BCUT2D eigenvalue weighted by Crippen LogP contribution is -1.98. The zero-order chi connectivity index (χ0) is 10.6. The van der Waals surface area contributed by atoms with Crippen LogP contribution in [0.3, 0.4) is 0 Å². The summed E-state index contributed by atoms with van der Waals surface area (Å²) in [5, 5.41) is 0. The van der Waals surface area contributed by atoms with Gasteiger partial charge in [0.25, 0.3) is 0 Å². The summed E-state index contributed by atoms with van der Waals surface area (Å²) >= 11 is 0. The van der Waals surface area contributed by atoms with Crippen LogP contribution in [0, 0.1) is 6.92 Å². The Bertz CT molecular complexity index is 308. The van der Waals surface area contributed by atoms with Crippen LogP contribution in [0.15, 0.2) is 12.1 Å². The summed E-state index contributed by atoms with van der Waals surface area (Å²) < 4.78 is 15.6. The van der Waals surface area contributed by atoms with Crippen LogP contribution in [0.1, 0.15) is 11.1 Å². The second-order valence-electron chi connectivity index (χ2n) is 3.02. The number of hydrogen-bond acceptors (Lipinski definition) is 3. The zero-order valence-corrected chi connectivity index (χ0v) is 9.09. The van der Waals surface area contributed by atoms with Gasteiger partial charge in [-0.05, 0) is 19.1 Å². The molecule has 0 aromatic heterocycles. The third kappa shape index (κ3) is 1.99. The van der Waals surface area contributed by atoms with Crippen LogP contribution < -0.4 is 9.47 Å². The lowest BCUT2D eigenvalue weighted by Gasteiger charge is -2.13. The van der Waals surface area contributed by atoms with Crippen LogP contribution in [0.25, 0.3) is 0 Å². The highest BCUT2D eigenvalue weighted by molar-refractivity contribution is 5.49. The number of benzene rings is 1. The highest BCUT2D eigenvalue weighted by atomic mass is 16.5. The van der Waals surface area contributed by atoms with E-state index in [1.807, 2.05) is 19.1 Å². The average Bonchev–Trinajstić information content (AvgIpc) is 2.19. The largest absolute Gasteiger partial charge is 0.496 e. The van der Waals surface area contributed by atoms with Gasteiger partial charge in [-0.3, -0.25) is 0 Å². The van der Waals surface area contributed by atoms with Gasteiger partial charge < -0.3 is 14.2 Å². The molecule has 78 valence electrons. The van der Waals surface area contributed by atoms with Crippen LogP contribution in [-0.4, -0.2) is 21.3 Å². The van der Waals surface area contributed by atoms with Gasteiger partial charge in [0.1, 0.15) is 11.5 Å². The van der Waals surface area contributed by atoms with Crippen molar-refractivity contribution < 1.29 is 14.2 Å². The van der Waals surface area contributed by atoms with Crippen molar-refractivity contribution >= 4 is 0 Å². The van der Waals surface area contributed by atoms with E-state index in [2.05, 4.69) is 0 Å². The van der Waals surface area contributed by atoms with Crippen molar-refractivity contribution in [3.8, 4) is 11.5 Å². The minimum Gasteiger partial charge on any atom is -0.496 e. The maximum atomic E-state index is 5.31. The molecule has 0 saturated heterocycles. The predicted molar refractivity (Wildman–Crippen MR) is 55.0 cm³/mol. The summed E-state index contributed by atoms with van der Waals surface area (Å²) in [4.78, 5) is 0. The summed E-state index contributed by atoms with van der Waals surface area (Å²) in [5.41, 5.74) is 2.04. The van der Waals surface area contributed by atoms with E-state index in [4.69, 9.17) is 14.2 Å². The fourth-order valence-corrected chi connectivity index (χ4v) is 1.50. The summed E-state index contributed by atoms with van der Waals surface area (Å²) in [6.45, 7) is 2.52. The third-order valence-electron chi connectivity index (χ3n) is 2.16. The number of methoxy groups -OCH3 is 3. The zero-order valence-electron chi connectivity index (χ0n) is 9.09. The van der Waals surface area contributed by atoms with Gasteiger partial charge in [-0.25, -0.2) is 0 Å². The molecule has 3 nitrogen and oxygen atoms in total. The minimum atomic E-state index is 0.550. The molecule has 0 bridgehead atoms. The Morgan fingerprint density at radius 3 is 2.29 bits per heavy atom. The first kappa shape index (κ1) is 10.9. The molecule has 0 fully saturated rings. The molecule has 0 unspecified atom stereocenters. The normalized spacial score (nSPS) is 10.0. The molecule has 0 N–H and O–H groups in total. The van der Waals surface area contributed by atoms with Gasteiger partial charge in [-0.15, -0.1) is 0 Å². The van der Waals surface area contributed by atoms with E-state index < -0.39 is 0 Å². The van der Waals surface area contributed by atoms with Crippen molar-refractivity contribution in [1.82, 2.24) is 0 Å². The molecule has 3 heteroatoms. The van der Waals surface area contributed by atoms with Gasteiger partial charge in [-0.1, -0.05) is 0 Å². The number of ether oxygens (including phenoxy) is 3. The van der Waals surface area contributed by atoms with Gasteiger partial charge in [0.05, 0.1) is 20.8 Å². The molecule has 0 saturated carbocycles. The second-order valence-corrected chi connectivity index (χ2v) is 3.02. The van der Waals surface area contributed by atoms with Crippen molar-refractivity contribution in [2.45, 2.75) is 13.5 Å². The van der Waals surface area contributed by atoms with E-state index in [-0.39, 0.29) is 0 Å². The molecule has 0 amide bonds. The quantitative estimate of drug-likeness (QED) is 0.738. The summed E-state index contributed by atoms with van der Waals surface area (Å²) in [6.07, 6.45) is 0. The van der Waals surface area contributed by atoms with Crippen molar-refractivity contribution in [2.75, 3.05) is 21.3 Å². The Morgan fingerprint density at radius 2 is 1.79 bits per heavy atom. The molecule has 0 atom stereocenters. The highest BCUT2D eigenvalue weighted by Gasteiger charge is 2.10. The lowest BCUT2D eigenvalue weighted by molar-refractivity contribution is 0.181. The van der Waals surface area contributed by atoms with Gasteiger partial charge in [0, 0.05) is 18.2 Å². The maximum absolute atomic E-state index is 5.31. The first-order valence-electron chi connectivity index (χ1n) is 4.44. The summed E-state index contributed by atoms with van der Waals surface area (Å²) in [5.74, 6) is 1.67. The first-order valence-corrected chi connectivity index (χ1v) is 4.44. The van der Waals surface area contributed by atoms with Gasteiger partial charge >= 0.3 is 0 Å². The SMILES string of the molecule is COCc1ccc(OC)c(C)c1OC. The third-order valence-corrected chi connectivity index (χ3v) is 2.16. The molecule has 1 aromatic carbocycles. The first-order chi connectivity index (χ1) is 6.74. The monoisotopic (exact) mass is 196 g/mol. The highest BCUT2D eigenvalue weighted by Crippen LogP contribution is 2.31. The predicted octanol–water partition coefficient (Wildman–Crippen LogP) is 2.16. The van der Waals surface area contributed by atoms with E-state index in [9.17, 15) is 0 Å². The molecule has 0 aliphatic carbocycles. The summed E-state index contributed by atoms with van der Waals surface area (Å²) in [7, 11) is 4.97. The van der Waals surface area contributed by atoms with E-state index in [1.165, 1.54) is 0 Å². The van der Waals surface area contributed by atoms with Crippen LogP contribution in [0.5, 0.6) is 11.5 Å². The number of hydrogen-bond donors (Lipinski definition) is 0. The molecule has 14 heavy (non-hydrogen) atoms. The van der Waals surface area contributed by atoms with Crippen LogP contribution in [-0.2, 0) is 11.3 Å². The Hall–Kier alpha value is -1.22. The molecular weight excluding hydrogens is 180 g/mol. The number of rotatable bonds is 4. The molecule has 0 radical (unpaired) electrons. The van der Waals surface area contributed by atoms with E-state index >= 15 is 0 Å².